The lowest BCUT2D eigenvalue weighted by molar-refractivity contribution is -0.332. The monoisotopic (exact) mass is 1050 g/mol. The van der Waals surface area contributed by atoms with Gasteiger partial charge in [0.1, 0.15) is 54.9 Å². The molecule has 0 aliphatic carbocycles. The van der Waals surface area contributed by atoms with Gasteiger partial charge in [-0.1, -0.05) is 160 Å². The molecule has 75 heavy (non-hydrogen) atoms. The van der Waals surface area contributed by atoms with Crippen LogP contribution in [0.5, 0.6) is 0 Å². The Balaban J connectivity index is 1.77. The van der Waals surface area contributed by atoms with Crippen LogP contribution in [0.3, 0.4) is 0 Å². The van der Waals surface area contributed by atoms with Crippen LogP contribution >= 0.6 is 0 Å². The molecule has 0 radical (unpaired) electrons. The van der Waals surface area contributed by atoms with Crippen LogP contribution in [0, 0.1) is 0 Å². The molecule has 0 spiro atoms. The first kappa shape index (κ1) is 67.2. The van der Waals surface area contributed by atoms with Crippen molar-refractivity contribution in [2.45, 2.75) is 210 Å². The van der Waals surface area contributed by atoms with Crippen molar-refractivity contribution in [3.63, 3.8) is 0 Å². The molecule has 2 aliphatic rings. The summed E-state index contributed by atoms with van der Waals surface area (Å²) in [6, 6.07) is 0. The second kappa shape index (κ2) is 46.2. The van der Waals surface area contributed by atoms with Crippen LogP contribution in [0.25, 0.3) is 0 Å². The van der Waals surface area contributed by atoms with Gasteiger partial charge in [0, 0.05) is 13.0 Å². The number of allylic oxidation sites excluding steroid dienone is 22. The third-order valence-corrected chi connectivity index (χ3v) is 12.2. The predicted molar refractivity (Wildman–Crippen MR) is 297 cm³/mol. The number of carbonyl (C=O) groups excluding carboxylic acids is 1. The van der Waals surface area contributed by atoms with Gasteiger partial charge in [0.05, 0.1) is 26.4 Å². The highest BCUT2D eigenvalue weighted by molar-refractivity contribution is 5.69. The first-order chi connectivity index (χ1) is 36.6. The quantitative estimate of drug-likeness (QED) is 0.0172. The molecule has 11 unspecified atom stereocenters. The molecular weight excluding hydrogens is 957 g/mol. The van der Waals surface area contributed by atoms with Gasteiger partial charge in [0.15, 0.2) is 12.6 Å². The molecule has 14 nitrogen and oxygen atoms in total. The van der Waals surface area contributed by atoms with Crippen LogP contribution in [0.4, 0.5) is 0 Å². The Labute approximate surface area is 449 Å². The van der Waals surface area contributed by atoms with Gasteiger partial charge in [-0.05, 0) is 109 Å². The summed E-state index contributed by atoms with van der Waals surface area (Å²) in [4.78, 5) is 13.1. The number of hydrogen-bond acceptors (Lipinski definition) is 14. The summed E-state index contributed by atoms with van der Waals surface area (Å²) >= 11 is 0. The highest BCUT2D eigenvalue weighted by Gasteiger charge is 2.47. The molecule has 0 bridgehead atoms. The van der Waals surface area contributed by atoms with Crippen molar-refractivity contribution < 1.29 is 69.0 Å². The Morgan fingerprint density at radius 2 is 0.827 bits per heavy atom. The van der Waals surface area contributed by atoms with Crippen molar-refractivity contribution in [2.75, 3.05) is 33.0 Å². The van der Waals surface area contributed by atoms with E-state index in [9.17, 15) is 40.5 Å². The molecule has 14 heteroatoms. The van der Waals surface area contributed by atoms with Gasteiger partial charge in [-0.15, -0.1) is 0 Å². The molecular formula is C61H96O14. The van der Waals surface area contributed by atoms with E-state index in [1.807, 2.05) is 0 Å². The predicted octanol–water partition coefficient (Wildman–Crippen LogP) is 9.52. The van der Waals surface area contributed by atoms with E-state index in [1.54, 1.807) is 0 Å². The minimum Gasteiger partial charge on any atom is -0.457 e. The molecule has 0 amide bonds. The Hall–Kier alpha value is -3.87. The van der Waals surface area contributed by atoms with E-state index in [2.05, 4.69) is 148 Å². The largest absolute Gasteiger partial charge is 0.457 e. The van der Waals surface area contributed by atoms with Crippen LogP contribution in [0.2, 0.25) is 0 Å². The Morgan fingerprint density at radius 1 is 0.440 bits per heavy atom. The lowest BCUT2D eigenvalue weighted by Crippen LogP contribution is -2.61. The molecule has 424 valence electrons. The van der Waals surface area contributed by atoms with E-state index in [0.29, 0.717) is 13.0 Å². The van der Waals surface area contributed by atoms with Gasteiger partial charge < -0.3 is 64.2 Å². The minimum atomic E-state index is -1.73. The number of ether oxygens (including phenoxy) is 6. The minimum absolute atomic E-state index is 0.0157. The molecule has 0 aromatic carbocycles. The highest BCUT2D eigenvalue weighted by atomic mass is 16.7. The van der Waals surface area contributed by atoms with Crippen LogP contribution in [0.1, 0.15) is 142 Å². The number of rotatable bonds is 42. The first-order valence-corrected chi connectivity index (χ1v) is 27.8. The fourth-order valence-electron chi connectivity index (χ4n) is 7.72. The van der Waals surface area contributed by atoms with Crippen LogP contribution < -0.4 is 0 Å². The van der Waals surface area contributed by atoms with Crippen LogP contribution in [-0.4, -0.2) is 142 Å². The van der Waals surface area contributed by atoms with Gasteiger partial charge in [-0.3, -0.25) is 4.79 Å². The maximum atomic E-state index is 13.1. The summed E-state index contributed by atoms with van der Waals surface area (Å²) < 4.78 is 34.2. The Morgan fingerprint density at radius 3 is 1.27 bits per heavy atom. The zero-order chi connectivity index (χ0) is 54.4. The van der Waals surface area contributed by atoms with E-state index < -0.39 is 86.7 Å². The molecule has 2 saturated heterocycles. The molecule has 2 fully saturated rings. The second-order valence-electron chi connectivity index (χ2n) is 18.6. The van der Waals surface area contributed by atoms with Crippen molar-refractivity contribution in [2.24, 2.45) is 0 Å². The maximum Gasteiger partial charge on any atom is 0.306 e. The SMILES string of the molecule is CC/C=C\C/C=C\C/C=C\C/C=C\C/C=C\C/C=C\C/C=C\CCCCCC(=O)OC(COCCCCC/C=C\C/C=C\C/C=C\C/C=C\CC)COC1OC(COC2OC(CO)C(O)C(O)C2O)C(O)C(O)C1O. The van der Waals surface area contributed by atoms with E-state index in [0.717, 1.165) is 116 Å². The van der Waals surface area contributed by atoms with Crippen LogP contribution in [0.15, 0.2) is 134 Å². The molecule has 0 saturated carbocycles. The van der Waals surface area contributed by atoms with Crippen molar-refractivity contribution >= 4 is 5.97 Å². The van der Waals surface area contributed by atoms with E-state index >= 15 is 0 Å². The van der Waals surface area contributed by atoms with Gasteiger partial charge in [-0.25, -0.2) is 0 Å². The lowest BCUT2D eigenvalue weighted by Gasteiger charge is -2.42. The Bertz CT molecular complexity index is 1740. The van der Waals surface area contributed by atoms with Crippen molar-refractivity contribution in [3.8, 4) is 0 Å². The number of unbranched alkanes of at least 4 members (excludes halogenated alkanes) is 6. The smallest absolute Gasteiger partial charge is 0.306 e. The van der Waals surface area contributed by atoms with Crippen molar-refractivity contribution in [3.05, 3.63) is 134 Å². The molecule has 11 atom stereocenters. The number of aliphatic hydroxyl groups excluding tert-OH is 7. The van der Waals surface area contributed by atoms with E-state index in [-0.39, 0.29) is 19.6 Å². The third kappa shape index (κ3) is 33.1. The highest BCUT2D eigenvalue weighted by Crippen LogP contribution is 2.26. The van der Waals surface area contributed by atoms with Crippen LogP contribution in [-0.2, 0) is 33.2 Å². The average Bonchev–Trinajstić information content (AvgIpc) is 3.41. The third-order valence-electron chi connectivity index (χ3n) is 12.2. The zero-order valence-electron chi connectivity index (χ0n) is 45.2. The number of carbonyl (C=O) groups is 1. The fourth-order valence-corrected chi connectivity index (χ4v) is 7.72. The number of aliphatic hydroxyl groups is 7. The number of esters is 1. The number of hydrogen-bond donors (Lipinski definition) is 7. The molecule has 2 rings (SSSR count). The summed E-state index contributed by atoms with van der Waals surface area (Å²) in [5.74, 6) is -0.426. The molecule has 0 aromatic rings. The average molecular weight is 1050 g/mol. The summed E-state index contributed by atoms with van der Waals surface area (Å²) in [5, 5.41) is 72.3. The van der Waals surface area contributed by atoms with Gasteiger partial charge >= 0.3 is 5.97 Å². The van der Waals surface area contributed by atoms with Crippen molar-refractivity contribution in [1.82, 2.24) is 0 Å². The standard InChI is InChI=1S/C61H96O14/c1-3-5-7-9-11-13-15-17-19-21-22-23-24-25-26-27-28-29-30-32-34-36-38-40-42-44-53(63)73-50(47-70-45-43-41-39-37-35-33-31-20-18-16-14-12-10-8-6-4-2)48-71-60-59(69)57(67)55(65)52(75-60)49-72-61-58(68)56(66)54(64)51(46-62)74-61/h5-8,11-14,17-20,22-23,25-26,28-29,32-35,50-52,54-62,64-69H,3-4,9-10,15-16,21,24,27,30-31,36-49H2,1-2H3/b7-5-,8-6-,13-11-,14-12-,19-17-,20-18-,23-22-,26-25-,29-28-,34-32-,35-33-. The van der Waals surface area contributed by atoms with Gasteiger partial charge in [0.25, 0.3) is 0 Å². The molecule has 2 aliphatic heterocycles. The van der Waals surface area contributed by atoms with Gasteiger partial charge in [0.2, 0.25) is 0 Å². The van der Waals surface area contributed by atoms with Crippen molar-refractivity contribution in [1.29, 1.82) is 0 Å². The van der Waals surface area contributed by atoms with E-state index in [1.165, 1.54) is 0 Å². The van der Waals surface area contributed by atoms with E-state index in [4.69, 9.17) is 28.4 Å². The molecule has 0 aromatic heterocycles. The Kier molecular flexibility index (Phi) is 41.5. The second-order valence-corrected chi connectivity index (χ2v) is 18.6. The normalized spacial score (nSPS) is 25.7. The zero-order valence-corrected chi connectivity index (χ0v) is 45.2. The first-order valence-electron chi connectivity index (χ1n) is 27.8. The topological polar surface area (TPSA) is 214 Å². The molecule has 2 heterocycles. The van der Waals surface area contributed by atoms with Gasteiger partial charge in [-0.2, -0.15) is 0 Å². The molecule has 7 N–H and O–H groups in total. The fraction of sp³-hybridized carbons (Fsp3) is 0.623. The summed E-state index contributed by atoms with van der Waals surface area (Å²) in [6.07, 6.45) is 49.4. The summed E-state index contributed by atoms with van der Waals surface area (Å²) in [7, 11) is 0. The summed E-state index contributed by atoms with van der Waals surface area (Å²) in [5.41, 5.74) is 0. The lowest BCUT2D eigenvalue weighted by atomic mass is 9.98. The maximum absolute atomic E-state index is 13.1. The summed E-state index contributed by atoms with van der Waals surface area (Å²) in [6.45, 7) is 3.29.